The molecule has 0 aliphatic heterocycles. The monoisotopic (exact) mass is 303 g/mol. The van der Waals surface area contributed by atoms with Crippen molar-refractivity contribution in [1.82, 2.24) is 9.47 Å². The van der Waals surface area contributed by atoms with E-state index < -0.39 is 0 Å². The summed E-state index contributed by atoms with van der Waals surface area (Å²) >= 11 is 0. The number of anilines is 1. The van der Waals surface area contributed by atoms with E-state index in [9.17, 15) is 5.11 Å². The van der Waals surface area contributed by atoms with Crippen LogP contribution in [-0.2, 0) is 11.4 Å². The van der Waals surface area contributed by atoms with E-state index in [1.165, 1.54) is 0 Å². The van der Waals surface area contributed by atoms with Crippen LogP contribution >= 0.6 is 0 Å². The van der Waals surface area contributed by atoms with Crippen molar-refractivity contribution in [3.05, 3.63) is 36.0 Å². The minimum Gasteiger partial charge on any atom is -0.508 e. The van der Waals surface area contributed by atoms with E-state index in [4.69, 9.17) is 4.84 Å². The molecule has 0 amide bonds. The number of hydrogen-bond acceptors (Lipinski definition) is 4. The zero-order valence-corrected chi connectivity index (χ0v) is 14.0. The van der Waals surface area contributed by atoms with Gasteiger partial charge in [0.05, 0.1) is 18.3 Å². The smallest absolute Gasteiger partial charge is 0.122 e. The molecule has 0 radical (unpaired) electrons. The molecule has 1 unspecified atom stereocenters. The van der Waals surface area contributed by atoms with Gasteiger partial charge in [-0.2, -0.15) is 0 Å². The van der Waals surface area contributed by atoms with Crippen molar-refractivity contribution in [2.24, 2.45) is 0 Å². The minimum atomic E-state index is 0.119. The van der Waals surface area contributed by atoms with Crippen molar-refractivity contribution in [1.29, 1.82) is 0 Å². The Morgan fingerprint density at radius 3 is 2.68 bits per heavy atom. The molecule has 0 aliphatic rings. The zero-order valence-electron chi connectivity index (χ0n) is 14.0. The van der Waals surface area contributed by atoms with Crippen LogP contribution < -0.4 is 5.48 Å². The third kappa shape index (κ3) is 2.82. The Hall–Kier alpha value is -1.98. The number of aromatic nitrogens is 1. The number of allylic oxidation sites excluding steroid dienone is 1. The van der Waals surface area contributed by atoms with E-state index in [1.54, 1.807) is 7.11 Å². The first-order valence-electron chi connectivity index (χ1n) is 7.33. The number of rotatable bonds is 6. The SMILES string of the molecule is C=CC(C)n1c(C)c(NOC)c2cc(CN(C)C)c(O)cc21. The maximum Gasteiger partial charge on any atom is 0.122 e. The van der Waals surface area contributed by atoms with Crippen molar-refractivity contribution in [2.75, 3.05) is 26.7 Å². The van der Waals surface area contributed by atoms with Gasteiger partial charge in [0.25, 0.3) is 0 Å². The Labute approximate surface area is 131 Å². The maximum absolute atomic E-state index is 10.3. The second-order valence-electron chi connectivity index (χ2n) is 5.85. The average Bonchev–Trinajstić information content (AvgIpc) is 2.71. The van der Waals surface area contributed by atoms with Crippen molar-refractivity contribution >= 4 is 16.6 Å². The Bertz CT molecular complexity index is 689. The van der Waals surface area contributed by atoms with Crippen LogP contribution in [-0.4, -0.2) is 35.8 Å². The largest absolute Gasteiger partial charge is 0.508 e. The fourth-order valence-electron chi connectivity index (χ4n) is 2.85. The van der Waals surface area contributed by atoms with Crippen molar-refractivity contribution in [2.45, 2.75) is 26.4 Å². The molecule has 0 fully saturated rings. The lowest BCUT2D eigenvalue weighted by atomic mass is 10.1. The fraction of sp³-hybridized carbons (Fsp3) is 0.412. The van der Waals surface area contributed by atoms with Crippen LogP contribution in [0.3, 0.4) is 0 Å². The summed E-state index contributed by atoms with van der Waals surface area (Å²) in [6.45, 7) is 8.66. The number of phenolic OH excluding ortho intramolecular Hbond substituents is 1. The molecule has 2 rings (SSSR count). The second-order valence-corrected chi connectivity index (χ2v) is 5.85. The topological polar surface area (TPSA) is 49.7 Å². The quantitative estimate of drug-likeness (QED) is 0.634. The second kappa shape index (κ2) is 6.42. The van der Waals surface area contributed by atoms with Crippen molar-refractivity contribution in [3.8, 4) is 5.75 Å². The molecule has 0 aliphatic carbocycles. The molecule has 1 atom stereocenters. The van der Waals surface area contributed by atoms with Gasteiger partial charge >= 0.3 is 0 Å². The molecule has 0 saturated heterocycles. The molecular weight excluding hydrogens is 278 g/mol. The first kappa shape index (κ1) is 16.4. The summed E-state index contributed by atoms with van der Waals surface area (Å²) in [7, 11) is 5.56. The van der Waals surface area contributed by atoms with E-state index in [2.05, 4.69) is 23.5 Å². The van der Waals surface area contributed by atoms with Gasteiger partial charge in [-0.1, -0.05) is 6.08 Å². The Kier molecular flexibility index (Phi) is 4.78. The first-order valence-corrected chi connectivity index (χ1v) is 7.33. The molecular formula is C17H25N3O2. The third-order valence-electron chi connectivity index (χ3n) is 3.89. The average molecular weight is 303 g/mol. The Morgan fingerprint density at radius 2 is 2.14 bits per heavy atom. The van der Waals surface area contributed by atoms with Gasteiger partial charge in [-0.3, -0.25) is 10.3 Å². The van der Waals surface area contributed by atoms with Gasteiger partial charge in [0.15, 0.2) is 0 Å². The van der Waals surface area contributed by atoms with E-state index in [0.29, 0.717) is 12.3 Å². The molecule has 1 aromatic heterocycles. The van der Waals surface area contributed by atoms with Crippen molar-refractivity contribution < 1.29 is 9.94 Å². The standard InChI is InChI=1S/C17H25N3O2/c1-7-11(2)20-12(3)17(18-22-6)14-8-13(10-19(4)5)16(21)9-15(14)20/h7-9,11,18,21H,1,10H2,2-6H3. The predicted molar refractivity (Wildman–Crippen MR) is 91.3 cm³/mol. The molecule has 0 saturated carbocycles. The van der Waals surface area contributed by atoms with E-state index >= 15 is 0 Å². The van der Waals surface area contributed by atoms with Gasteiger partial charge in [-0.15, -0.1) is 6.58 Å². The lowest BCUT2D eigenvalue weighted by Crippen LogP contribution is -2.10. The normalized spacial score (nSPS) is 12.8. The van der Waals surface area contributed by atoms with Gasteiger partial charge in [0, 0.05) is 35.3 Å². The lowest BCUT2D eigenvalue weighted by molar-refractivity contribution is 0.271. The summed E-state index contributed by atoms with van der Waals surface area (Å²) in [6.07, 6.45) is 1.88. The van der Waals surface area contributed by atoms with Gasteiger partial charge in [0.1, 0.15) is 5.75 Å². The number of fused-ring (bicyclic) bond motifs is 1. The molecule has 5 nitrogen and oxygen atoms in total. The van der Waals surface area contributed by atoms with Crippen LogP contribution in [0.15, 0.2) is 24.8 Å². The van der Waals surface area contributed by atoms with Crippen LogP contribution in [0.5, 0.6) is 5.75 Å². The molecule has 5 heteroatoms. The van der Waals surface area contributed by atoms with Gasteiger partial charge < -0.3 is 14.6 Å². The molecule has 22 heavy (non-hydrogen) atoms. The fourth-order valence-corrected chi connectivity index (χ4v) is 2.85. The number of nitrogens with one attached hydrogen (secondary N) is 1. The summed E-state index contributed by atoms with van der Waals surface area (Å²) < 4.78 is 2.14. The van der Waals surface area contributed by atoms with Crippen LogP contribution in [0.25, 0.3) is 10.9 Å². The zero-order chi connectivity index (χ0) is 16.4. The first-order chi connectivity index (χ1) is 10.4. The maximum atomic E-state index is 10.3. The summed E-state index contributed by atoms with van der Waals surface area (Å²) in [5.41, 5.74) is 6.79. The van der Waals surface area contributed by atoms with E-state index in [1.807, 2.05) is 44.1 Å². The van der Waals surface area contributed by atoms with Crippen LogP contribution in [0.2, 0.25) is 0 Å². The molecule has 0 spiro atoms. The molecule has 2 N–H and O–H groups in total. The molecule has 0 bridgehead atoms. The number of benzene rings is 1. The minimum absolute atomic E-state index is 0.119. The van der Waals surface area contributed by atoms with Crippen LogP contribution in [0, 0.1) is 6.92 Å². The number of hydrogen-bond donors (Lipinski definition) is 2. The summed E-state index contributed by atoms with van der Waals surface area (Å²) in [6, 6.07) is 3.96. The van der Waals surface area contributed by atoms with E-state index in [-0.39, 0.29) is 6.04 Å². The third-order valence-corrected chi connectivity index (χ3v) is 3.89. The lowest BCUT2D eigenvalue weighted by Gasteiger charge is -2.15. The number of aromatic hydroxyl groups is 1. The molecule has 1 aromatic carbocycles. The summed E-state index contributed by atoms with van der Waals surface area (Å²) in [5, 5.41) is 11.4. The highest BCUT2D eigenvalue weighted by Gasteiger charge is 2.19. The number of nitrogens with zero attached hydrogens (tertiary/aromatic N) is 2. The summed E-state index contributed by atoms with van der Waals surface area (Å²) in [5.74, 6) is 0.306. The Balaban J connectivity index is 2.74. The highest BCUT2D eigenvalue weighted by atomic mass is 16.6. The van der Waals surface area contributed by atoms with Crippen LogP contribution in [0.4, 0.5) is 5.69 Å². The highest BCUT2D eigenvalue weighted by Crippen LogP contribution is 2.37. The predicted octanol–water partition coefficient (Wildman–Crippen LogP) is 3.44. The van der Waals surface area contributed by atoms with Gasteiger partial charge in [-0.25, -0.2) is 0 Å². The molecule has 2 aromatic rings. The van der Waals surface area contributed by atoms with Gasteiger partial charge in [-0.05, 0) is 34.0 Å². The van der Waals surface area contributed by atoms with E-state index in [0.717, 1.165) is 27.8 Å². The highest BCUT2D eigenvalue weighted by molar-refractivity contribution is 5.96. The van der Waals surface area contributed by atoms with Crippen molar-refractivity contribution in [3.63, 3.8) is 0 Å². The molecule has 1 heterocycles. The van der Waals surface area contributed by atoms with Gasteiger partial charge in [0.2, 0.25) is 0 Å². The number of phenols is 1. The molecule has 120 valence electrons. The Morgan fingerprint density at radius 1 is 1.45 bits per heavy atom. The van der Waals surface area contributed by atoms with Crippen LogP contribution in [0.1, 0.15) is 24.2 Å². The summed E-state index contributed by atoms with van der Waals surface area (Å²) in [4.78, 5) is 7.16.